The van der Waals surface area contributed by atoms with Crippen LogP contribution in [0.5, 0.6) is 0 Å². The third-order valence-corrected chi connectivity index (χ3v) is 2.45. The molecule has 0 aromatic rings. The number of nitrogens with zero attached hydrogens (tertiary/aromatic N) is 1. The van der Waals surface area contributed by atoms with Crippen molar-refractivity contribution in [3.63, 3.8) is 0 Å². The van der Waals surface area contributed by atoms with Crippen LogP contribution in [0.1, 0.15) is 27.2 Å². The van der Waals surface area contributed by atoms with Gasteiger partial charge in [0.15, 0.2) is 0 Å². The molecule has 2 bridgehead atoms. The molecule has 2 aliphatic rings. The molecule has 0 aromatic heterocycles. The number of hydrogen-bond acceptors (Lipinski definition) is 4. The normalized spacial score (nSPS) is 29.3. The van der Waals surface area contributed by atoms with Gasteiger partial charge in [-0.1, -0.05) is 0 Å². The summed E-state index contributed by atoms with van der Waals surface area (Å²) in [6.45, 7) is 5.87. The molecule has 2 aliphatic heterocycles. The molecule has 5 heteroatoms. The first kappa shape index (κ1) is 10.3. The van der Waals surface area contributed by atoms with Crippen molar-refractivity contribution < 1.29 is 19.1 Å². The van der Waals surface area contributed by atoms with E-state index in [1.807, 2.05) is 0 Å². The smallest absolute Gasteiger partial charge is 0.411 e. The lowest BCUT2D eigenvalue weighted by atomic mass is 10.2. The van der Waals surface area contributed by atoms with Crippen LogP contribution in [0, 0.1) is 0 Å². The number of ether oxygens (including phenoxy) is 2. The van der Waals surface area contributed by atoms with E-state index >= 15 is 0 Å². The molecule has 1 amide bonds. The van der Waals surface area contributed by atoms with Gasteiger partial charge in [0.05, 0.1) is 6.54 Å². The summed E-state index contributed by atoms with van der Waals surface area (Å²) < 4.78 is 10.2. The van der Waals surface area contributed by atoms with Crippen LogP contribution in [-0.2, 0) is 14.3 Å². The molecule has 0 aliphatic carbocycles. The third kappa shape index (κ3) is 1.91. The van der Waals surface area contributed by atoms with E-state index in [4.69, 9.17) is 9.47 Å². The van der Waals surface area contributed by atoms with Gasteiger partial charge in [-0.2, -0.15) is 0 Å². The Morgan fingerprint density at radius 1 is 1.53 bits per heavy atom. The van der Waals surface area contributed by atoms with Gasteiger partial charge < -0.3 is 9.47 Å². The fourth-order valence-corrected chi connectivity index (χ4v) is 1.87. The van der Waals surface area contributed by atoms with E-state index < -0.39 is 17.7 Å². The Kier molecular flexibility index (Phi) is 2.13. The van der Waals surface area contributed by atoms with Crippen LogP contribution in [0.15, 0.2) is 0 Å². The van der Waals surface area contributed by atoms with Gasteiger partial charge in [-0.05, 0) is 20.8 Å². The molecule has 2 saturated heterocycles. The molecule has 0 unspecified atom stereocenters. The standard InChI is InChI=1S/C10H15NO4/c1-10(2,3)15-9(13)11-5-6-4-7(11)8(12)14-6/h6-7H,4-5H2,1-3H3/t6-,7+/m0/s1. The Morgan fingerprint density at radius 3 is 2.67 bits per heavy atom. The molecule has 2 heterocycles. The largest absolute Gasteiger partial charge is 0.459 e. The molecule has 0 radical (unpaired) electrons. The lowest BCUT2D eigenvalue weighted by molar-refractivity contribution is -0.150. The van der Waals surface area contributed by atoms with Crippen molar-refractivity contribution in [2.24, 2.45) is 0 Å². The number of likely N-dealkylation sites (tertiary alicyclic amines) is 1. The van der Waals surface area contributed by atoms with E-state index in [1.54, 1.807) is 20.8 Å². The van der Waals surface area contributed by atoms with Crippen molar-refractivity contribution in [1.82, 2.24) is 4.90 Å². The third-order valence-electron chi connectivity index (χ3n) is 2.45. The van der Waals surface area contributed by atoms with Crippen LogP contribution in [0.25, 0.3) is 0 Å². The zero-order chi connectivity index (χ0) is 11.2. The van der Waals surface area contributed by atoms with Crippen molar-refractivity contribution in [1.29, 1.82) is 0 Å². The average molecular weight is 213 g/mol. The zero-order valence-electron chi connectivity index (χ0n) is 9.15. The van der Waals surface area contributed by atoms with Gasteiger partial charge in [-0.3, -0.25) is 4.90 Å². The molecular weight excluding hydrogens is 198 g/mol. The quantitative estimate of drug-likeness (QED) is 0.561. The Labute approximate surface area is 88.3 Å². The van der Waals surface area contributed by atoms with Crippen molar-refractivity contribution >= 4 is 12.1 Å². The highest BCUT2D eigenvalue weighted by Gasteiger charge is 2.49. The molecular formula is C10H15NO4. The molecule has 0 N–H and O–H groups in total. The summed E-state index contributed by atoms with van der Waals surface area (Å²) in [7, 11) is 0. The fraction of sp³-hybridized carbons (Fsp3) is 0.800. The maximum absolute atomic E-state index is 11.7. The van der Waals surface area contributed by atoms with Gasteiger partial charge in [-0.25, -0.2) is 9.59 Å². The number of fused-ring (bicyclic) bond motifs is 2. The highest BCUT2D eigenvalue weighted by Crippen LogP contribution is 2.30. The van der Waals surface area contributed by atoms with Crippen LogP contribution in [-0.4, -0.2) is 41.3 Å². The zero-order valence-corrected chi connectivity index (χ0v) is 9.15. The topological polar surface area (TPSA) is 55.8 Å². The summed E-state index contributed by atoms with van der Waals surface area (Å²) in [6, 6.07) is -0.426. The monoisotopic (exact) mass is 213 g/mol. The first-order valence-corrected chi connectivity index (χ1v) is 5.07. The Bertz CT molecular complexity index is 307. The first-order valence-electron chi connectivity index (χ1n) is 5.07. The van der Waals surface area contributed by atoms with Gasteiger partial charge in [0.2, 0.25) is 0 Å². The van der Waals surface area contributed by atoms with Gasteiger partial charge >= 0.3 is 12.1 Å². The number of amides is 1. The predicted molar refractivity (Wildman–Crippen MR) is 51.2 cm³/mol. The number of carbonyl (C=O) groups excluding carboxylic acids is 2. The average Bonchev–Trinajstić information content (AvgIpc) is 2.58. The minimum Gasteiger partial charge on any atom is -0.459 e. The van der Waals surface area contributed by atoms with Crippen LogP contribution in [0.2, 0.25) is 0 Å². The van der Waals surface area contributed by atoms with E-state index in [0.717, 1.165) is 0 Å². The predicted octanol–water partition coefficient (Wildman–Crippen LogP) is 0.921. The van der Waals surface area contributed by atoms with Crippen LogP contribution in [0.3, 0.4) is 0 Å². The van der Waals surface area contributed by atoms with Gasteiger partial charge in [-0.15, -0.1) is 0 Å². The molecule has 5 nitrogen and oxygen atoms in total. The summed E-state index contributed by atoms with van der Waals surface area (Å²) in [4.78, 5) is 24.4. The highest BCUT2D eigenvalue weighted by atomic mass is 16.6. The van der Waals surface area contributed by atoms with Crippen molar-refractivity contribution in [3.05, 3.63) is 0 Å². The van der Waals surface area contributed by atoms with Gasteiger partial charge in [0, 0.05) is 6.42 Å². The van der Waals surface area contributed by atoms with Crippen LogP contribution in [0.4, 0.5) is 4.79 Å². The van der Waals surface area contributed by atoms with E-state index in [-0.39, 0.29) is 12.1 Å². The summed E-state index contributed by atoms with van der Waals surface area (Å²) in [6.07, 6.45) is 0.0552. The van der Waals surface area contributed by atoms with Crippen molar-refractivity contribution in [2.75, 3.05) is 6.54 Å². The maximum Gasteiger partial charge on any atom is 0.411 e. The Balaban J connectivity index is 2.01. The molecule has 2 fully saturated rings. The molecule has 0 saturated carbocycles. The van der Waals surface area contributed by atoms with Gasteiger partial charge in [0.25, 0.3) is 0 Å². The Morgan fingerprint density at radius 2 is 2.20 bits per heavy atom. The van der Waals surface area contributed by atoms with E-state index in [1.165, 1.54) is 4.90 Å². The summed E-state index contributed by atoms with van der Waals surface area (Å²) >= 11 is 0. The summed E-state index contributed by atoms with van der Waals surface area (Å²) in [5.74, 6) is -0.308. The molecule has 2 rings (SSSR count). The number of hydrogen-bond donors (Lipinski definition) is 0. The minimum atomic E-state index is -0.525. The second-order valence-corrected chi connectivity index (χ2v) is 4.94. The van der Waals surface area contributed by atoms with E-state index in [2.05, 4.69) is 0 Å². The first-order chi connectivity index (χ1) is 6.87. The Hall–Kier alpha value is -1.26. The molecule has 2 atom stereocenters. The highest BCUT2D eigenvalue weighted by molar-refractivity contribution is 5.84. The molecule has 0 aromatic carbocycles. The lowest BCUT2D eigenvalue weighted by Crippen LogP contribution is -2.46. The van der Waals surface area contributed by atoms with Crippen molar-refractivity contribution in [3.8, 4) is 0 Å². The molecule has 15 heavy (non-hydrogen) atoms. The second kappa shape index (κ2) is 3.12. The summed E-state index contributed by atoms with van der Waals surface area (Å²) in [5.41, 5.74) is -0.525. The van der Waals surface area contributed by atoms with E-state index in [9.17, 15) is 9.59 Å². The van der Waals surface area contributed by atoms with Crippen molar-refractivity contribution in [2.45, 2.75) is 44.9 Å². The molecule has 0 spiro atoms. The lowest BCUT2D eigenvalue weighted by Gasteiger charge is -2.29. The fourth-order valence-electron chi connectivity index (χ4n) is 1.87. The van der Waals surface area contributed by atoms with Gasteiger partial charge in [0.1, 0.15) is 17.7 Å². The van der Waals surface area contributed by atoms with Crippen LogP contribution >= 0.6 is 0 Å². The number of morpholine rings is 1. The number of rotatable bonds is 0. The SMILES string of the molecule is CC(C)(C)OC(=O)N1C[C@@H]2C[C@@H]1C(=O)O2. The second-order valence-electron chi connectivity index (χ2n) is 4.94. The summed E-state index contributed by atoms with van der Waals surface area (Å²) in [5, 5.41) is 0. The number of esters is 1. The molecule has 84 valence electrons. The van der Waals surface area contributed by atoms with E-state index in [0.29, 0.717) is 13.0 Å². The maximum atomic E-state index is 11.7. The minimum absolute atomic E-state index is 0.130. The van der Waals surface area contributed by atoms with Crippen LogP contribution < -0.4 is 0 Å². The number of carbonyl (C=O) groups is 2.